The molecule has 2 saturated heterocycles. The highest BCUT2D eigenvalue weighted by molar-refractivity contribution is 6.58. The van der Waals surface area contributed by atoms with Crippen LogP contribution in [0.5, 0.6) is 11.5 Å². The number of hydrogen-bond acceptors (Lipinski definition) is 8. The van der Waals surface area contributed by atoms with Crippen molar-refractivity contribution < 1.29 is 55.9 Å². The number of nitrogens with zero attached hydrogens (tertiary/aromatic N) is 3. The summed E-state index contributed by atoms with van der Waals surface area (Å²) in [5.74, 6) is -23.5. The number of phenolic OH excluding ortho intramolecular Hbond substituents is 1. The fourth-order valence-electron chi connectivity index (χ4n) is 7.93. The summed E-state index contributed by atoms with van der Waals surface area (Å²) in [6, 6.07) is 8.56. The number of benzene rings is 3. The van der Waals surface area contributed by atoms with E-state index in [4.69, 9.17) is 27.9 Å². The van der Waals surface area contributed by atoms with Crippen molar-refractivity contribution in [1.82, 2.24) is 0 Å². The zero-order chi connectivity index (χ0) is 37.8. The zero-order valence-electron chi connectivity index (χ0n) is 26.3. The Hall–Kier alpha value is -5.09. The van der Waals surface area contributed by atoms with Gasteiger partial charge in [-0.15, -0.1) is 23.2 Å². The molecule has 0 aromatic heterocycles. The molecule has 6 atom stereocenters. The first-order valence-electron chi connectivity index (χ1n) is 15.6. The fraction of sp³-hybridized carbons (Fsp3) is 0.294. The summed E-state index contributed by atoms with van der Waals surface area (Å²) in [5, 5.41) is 22.6. The number of halogens is 7. The van der Waals surface area contributed by atoms with Crippen LogP contribution in [0, 0.1) is 57.0 Å². The molecular formula is C34H22Cl2F5N3O8. The molecular weight excluding hydrogens is 744 g/mol. The first-order chi connectivity index (χ1) is 24.5. The molecule has 2 aliphatic carbocycles. The molecule has 2 heterocycles. The summed E-state index contributed by atoms with van der Waals surface area (Å²) in [7, 11) is 0. The molecule has 0 bridgehead atoms. The average molecular weight is 766 g/mol. The van der Waals surface area contributed by atoms with Crippen molar-refractivity contribution in [2.75, 3.05) is 16.4 Å². The third-order valence-corrected chi connectivity index (χ3v) is 11.6. The van der Waals surface area contributed by atoms with Crippen LogP contribution in [0.4, 0.5) is 39.0 Å². The zero-order valence-corrected chi connectivity index (χ0v) is 27.9. The number of nitro groups is 1. The minimum Gasteiger partial charge on any atom is -0.504 e. The Morgan fingerprint density at radius 1 is 0.885 bits per heavy atom. The van der Waals surface area contributed by atoms with Crippen molar-refractivity contribution in [2.24, 2.45) is 17.8 Å². The van der Waals surface area contributed by atoms with Crippen LogP contribution in [0.15, 0.2) is 54.1 Å². The Kier molecular flexibility index (Phi) is 8.14. The molecule has 0 radical (unpaired) electrons. The highest BCUT2D eigenvalue weighted by Gasteiger charge is 2.77. The number of hydrogen-bond donors (Lipinski definition) is 1. The number of aromatic hydroxyl groups is 1. The quantitative estimate of drug-likeness (QED) is 0.0459. The summed E-state index contributed by atoms with van der Waals surface area (Å²) >= 11 is 14.2. The maximum absolute atomic E-state index is 15.2. The molecule has 0 spiro atoms. The van der Waals surface area contributed by atoms with Gasteiger partial charge in [-0.05, 0) is 43.9 Å². The van der Waals surface area contributed by atoms with Crippen molar-refractivity contribution in [1.29, 1.82) is 0 Å². The molecule has 11 nitrogen and oxygen atoms in total. The number of allylic oxidation sites excluding steroid dienone is 2. The summed E-state index contributed by atoms with van der Waals surface area (Å²) in [4.78, 5) is 62.1. The van der Waals surface area contributed by atoms with Gasteiger partial charge in [-0.25, -0.2) is 26.9 Å². The Balaban J connectivity index is 1.43. The van der Waals surface area contributed by atoms with Gasteiger partial charge in [0.1, 0.15) is 5.69 Å². The number of carbonyl (C=O) groups is 4. The largest absolute Gasteiger partial charge is 0.504 e. The van der Waals surface area contributed by atoms with E-state index in [2.05, 4.69) is 0 Å². The molecule has 1 saturated carbocycles. The second-order valence-corrected chi connectivity index (χ2v) is 13.8. The predicted molar refractivity (Wildman–Crippen MR) is 171 cm³/mol. The normalized spacial score (nSPS) is 28.1. The summed E-state index contributed by atoms with van der Waals surface area (Å²) in [5.41, 5.74) is -2.35. The van der Waals surface area contributed by atoms with Gasteiger partial charge >= 0.3 is 0 Å². The van der Waals surface area contributed by atoms with Crippen LogP contribution < -0.4 is 14.5 Å². The molecule has 52 heavy (non-hydrogen) atoms. The maximum Gasteiger partial charge on any atom is 0.269 e. The number of ether oxygens (including phenoxy) is 1. The van der Waals surface area contributed by atoms with Crippen LogP contribution in [0.3, 0.4) is 0 Å². The van der Waals surface area contributed by atoms with E-state index in [0.717, 1.165) is 17.0 Å². The van der Waals surface area contributed by atoms with Gasteiger partial charge < -0.3 is 9.84 Å². The first-order valence-corrected chi connectivity index (χ1v) is 16.3. The van der Waals surface area contributed by atoms with Crippen LogP contribution in [0.2, 0.25) is 0 Å². The monoisotopic (exact) mass is 765 g/mol. The summed E-state index contributed by atoms with van der Waals surface area (Å²) in [6.45, 7) is 1.64. The smallest absolute Gasteiger partial charge is 0.269 e. The van der Waals surface area contributed by atoms with Gasteiger partial charge in [0, 0.05) is 23.6 Å². The molecule has 6 unspecified atom stereocenters. The van der Waals surface area contributed by atoms with Crippen molar-refractivity contribution in [3.05, 3.63) is 98.9 Å². The molecule has 4 amide bonds. The molecule has 3 aromatic carbocycles. The molecule has 2 aliphatic heterocycles. The van der Waals surface area contributed by atoms with Gasteiger partial charge in [0.25, 0.3) is 17.5 Å². The number of nitro benzene ring substituents is 1. The lowest BCUT2D eigenvalue weighted by Gasteiger charge is -2.50. The van der Waals surface area contributed by atoms with Gasteiger partial charge in [-0.3, -0.25) is 34.2 Å². The van der Waals surface area contributed by atoms with Gasteiger partial charge in [0.2, 0.25) is 17.6 Å². The molecule has 3 aromatic rings. The maximum atomic E-state index is 15.2. The molecule has 1 N–H and O–H groups in total. The lowest BCUT2D eigenvalue weighted by atomic mass is 9.56. The number of non-ortho nitro benzene ring substituents is 1. The van der Waals surface area contributed by atoms with Gasteiger partial charge in [-0.2, -0.15) is 0 Å². The van der Waals surface area contributed by atoms with E-state index in [-0.39, 0.29) is 46.2 Å². The Labute approximate surface area is 299 Å². The Bertz CT molecular complexity index is 2160. The van der Waals surface area contributed by atoms with Gasteiger partial charge in [0.05, 0.1) is 29.1 Å². The van der Waals surface area contributed by atoms with Crippen molar-refractivity contribution >= 4 is 63.9 Å². The first kappa shape index (κ1) is 35.3. The van der Waals surface area contributed by atoms with E-state index >= 15 is 8.78 Å². The van der Waals surface area contributed by atoms with Crippen molar-refractivity contribution in [3.63, 3.8) is 0 Å². The second kappa shape index (κ2) is 12.0. The molecule has 7 rings (SSSR count). The molecule has 3 fully saturated rings. The van der Waals surface area contributed by atoms with Crippen LogP contribution in [0.1, 0.15) is 31.2 Å². The molecule has 18 heteroatoms. The molecule has 4 aliphatic rings. The average Bonchev–Trinajstić information content (AvgIpc) is 3.46. The summed E-state index contributed by atoms with van der Waals surface area (Å²) in [6.07, 6.45) is 0.559. The third-order valence-electron chi connectivity index (χ3n) is 10.2. The van der Waals surface area contributed by atoms with Crippen LogP contribution in [0.25, 0.3) is 0 Å². The number of amides is 4. The number of carbonyl (C=O) groups excluding carboxylic acids is 4. The van der Waals surface area contributed by atoms with E-state index in [0.29, 0.717) is 0 Å². The number of para-hydroxylation sites is 1. The van der Waals surface area contributed by atoms with Crippen molar-refractivity contribution in [2.45, 2.75) is 35.4 Å². The van der Waals surface area contributed by atoms with Crippen molar-refractivity contribution in [3.8, 4) is 11.5 Å². The lowest BCUT2D eigenvalue weighted by Crippen LogP contribution is -2.60. The van der Waals surface area contributed by atoms with E-state index in [1.54, 1.807) is 6.92 Å². The lowest BCUT2D eigenvalue weighted by molar-refractivity contribution is -0.384. The van der Waals surface area contributed by atoms with Gasteiger partial charge in [0.15, 0.2) is 44.5 Å². The highest BCUT2D eigenvalue weighted by atomic mass is 35.5. The topological polar surface area (TPSA) is 147 Å². The number of phenols is 1. The van der Waals surface area contributed by atoms with Crippen LogP contribution >= 0.6 is 23.2 Å². The number of fused-ring (bicyclic) bond motifs is 4. The highest BCUT2D eigenvalue weighted by Crippen LogP contribution is 2.67. The number of imide groups is 2. The Morgan fingerprint density at radius 3 is 2.10 bits per heavy atom. The summed E-state index contributed by atoms with van der Waals surface area (Å²) < 4.78 is 78.9. The van der Waals surface area contributed by atoms with E-state index in [9.17, 15) is 47.6 Å². The number of alkyl halides is 2. The third kappa shape index (κ3) is 4.49. The van der Waals surface area contributed by atoms with E-state index in [1.807, 2.05) is 0 Å². The predicted octanol–water partition coefficient (Wildman–Crippen LogP) is 6.16. The number of rotatable bonds is 6. The van der Waals surface area contributed by atoms with Crippen LogP contribution in [-0.2, 0) is 19.2 Å². The van der Waals surface area contributed by atoms with Gasteiger partial charge in [-0.1, -0.05) is 23.8 Å². The fourth-order valence-corrected chi connectivity index (χ4v) is 8.86. The Morgan fingerprint density at radius 2 is 1.50 bits per heavy atom. The van der Waals surface area contributed by atoms with E-state index in [1.165, 1.54) is 36.4 Å². The second-order valence-electron chi connectivity index (χ2n) is 12.6. The minimum absolute atomic E-state index is 0.0112. The van der Waals surface area contributed by atoms with E-state index < -0.39 is 109 Å². The SMILES string of the molecule is CCOc1cccc(C2C3=CCC4C(=O)N(c5ccc([N+](=O)[O-])cc5)C(=O)C4C3CC3(Cl)C(=O)N(c4c(F)c(F)c(F)c(F)c4F)C(=O)C23Cl)c1O. The molecule has 270 valence electrons. The number of anilines is 2. The standard InChI is InChI=1S/C34H22Cl2F5N3O8/c1-2-52-19-5-3-4-17(28(19)45)21-15-10-11-16-20(30(47)42(29(16)46)13-6-8-14(9-7-13)44(50)51)18(15)12-33(35)31(48)43(32(49)34(21,33)36)27-25(40)23(38)22(37)24(39)26(27)41/h3-10,16,18,20-21,45H,2,11-12H2,1H3. The minimum atomic E-state index is -2.84. The van der Waals surface area contributed by atoms with Crippen LogP contribution in [-0.4, -0.2) is 50.0 Å².